The van der Waals surface area contributed by atoms with Crippen LogP contribution in [0.25, 0.3) is 0 Å². The Bertz CT molecular complexity index is 873. The normalized spacial score (nSPS) is 19.4. The van der Waals surface area contributed by atoms with E-state index in [2.05, 4.69) is 5.32 Å². The fourth-order valence-electron chi connectivity index (χ4n) is 3.76. The highest BCUT2D eigenvalue weighted by Crippen LogP contribution is 2.31. The molecule has 4 nitrogen and oxygen atoms in total. The number of nitrogens with one attached hydrogen (secondary N) is 1. The monoisotopic (exact) mass is 378 g/mol. The molecule has 1 heterocycles. The van der Waals surface area contributed by atoms with Crippen LogP contribution in [0.15, 0.2) is 42.5 Å². The maximum Gasteiger partial charge on any atom is 0.253 e. The topological polar surface area (TPSA) is 49.4 Å². The van der Waals surface area contributed by atoms with Gasteiger partial charge in [0.1, 0.15) is 0 Å². The number of amides is 2. The zero-order valence-electron chi connectivity index (χ0n) is 17.3. The molecule has 1 saturated heterocycles. The van der Waals surface area contributed by atoms with Crippen molar-refractivity contribution in [1.29, 1.82) is 0 Å². The Kier molecular flexibility index (Phi) is 5.87. The van der Waals surface area contributed by atoms with Crippen LogP contribution in [0.4, 0.5) is 0 Å². The van der Waals surface area contributed by atoms with Gasteiger partial charge in [-0.25, -0.2) is 0 Å². The number of likely N-dealkylation sites (tertiary alicyclic amines) is 1. The fraction of sp³-hybridized carbons (Fsp3) is 0.417. The molecule has 28 heavy (non-hydrogen) atoms. The molecule has 3 rings (SSSR count). The quantitative estimate of drug-likeness (QED) is 0.868. The van der Waals surface area contributed by atoms with Gasteiger partial charge in [0.25, 0.3) is 5.91 Å². The van der Waals surface area contributed by atoms with Crippen LogP contribution in [0.2, 0.25) is 0 Å². The Hall–Kier alpha value is -2.62. The van der Waals surface area contributed by atoms with Crippen molar-refractivity contribution in [3.8, 4) is 0 Å². The number of piperidine rings is 1. The third-order valence-corrected chi connectivity index (χ3v) is 5.86. The summed E-state index contributed by atoms with van der Waals surface area (Å²) in [6.07, 6.45) is 1.63. The van der Waals surface area contributed by atoms with Crippen molar-refractivity contribution in [2.24, 2.45) is 5.41 Å². The van der Waals surface area contributed by atoms with E-state index in [4.69, 9.17) is 0 Å². The first-order valence-corrected chi connectivity index (χ1v) is 9.99. The van der Waals surface area contributed by atoms with E-state index in [9.17, 15) is 9.59 Å². The summed E-state index contributed by atoms with van der Waals surface area (Å²) in [6, 6.07) is 14.0. The smallest absolute Gasteiger partial charge is 0.253 e. The molecular formula is C24H30N2O2. The van der Waals surface area contributed by atoms with Crippen LogP contribution in [0.5, 0.6) is 0 Å². The molecule has 1 fully saturated rings. The van der Waals surface area contributed by atoms with Crippen molar-refractivity contribution in [3.63, 3.8) is 0 Å². The predicted molar refractivity (Wildman–Crippen MR) is 112 cm³/mol. The number of nitrogens with zero attached hydrogens (tertiary/aromatic N) is 1. The summed E-state index contributed by atoms with van der Waals surface area (Å²) >= 11 is 0. The van der Waals surface area contributed by atoms with Gasteiger partial charge in [0.15, 0.2) is 0 Å². The second-order valence-corrected chi connectivity index (χ2v) is 8.36. The van der Waals surface area contributed by atoms with E-state index in [0.717, 1.165) is 24.0 Å². The molecule has 0 aromatic heterocycles. The highest BCUT2D eigenvalue weighted by molar-refractivity contribution is 5.95. The van der Waals surface area contributed by atoms with E-state index in [1.807, 2.05) is 75.1 Å². The molecule has 1 N–H and O–H groups in total. The zero-order valence-corrected chi connectivity index (χ0v) is 17.3. The standard InChI is InChI=1S/C24H30N2O2/c1-17-6-9-20(10-7-17)15-25-23(28)24(4)12-5-13-26(16-24)22(27)21-11-8-18(2)19(3)14-21/h6-11,14H,5,12-13,15-16H2,1-4H3,(H,25,28)/t24-/m0/s1. The summed E-state index contributed by atoms with van der Waals surface area (Å²) < 4.78 is 0. The van der Waals surface area contributed by atoms with Gasteiger partial charge in [0.05, 0.1) is 5.41 Å². The van der Waals surface area contributed by atoms with Gasteiger partial charge >= 0.3 is 0 Å². The number of carbonyl (C=O) groups excluding carboxylic acids is 2. The average Bonchev–Trinajstić information content (AvgIpc) is 2.69. The van der Waals surface area contributed by atoms with Gasteiger partial charge in [0.2, 0.25) is 5.91 Å². The summed E-state index contributed by atoms with van der Waals surface area (Å²) in [7, 11) is 0. The first-order valence-electron chi connectivity index (χ1n) is 9.99. The average molecular weight is 379 g/mol. The van der Waals surface area contributed by atoms with Crippen molar-refractivity contribution in [2.75, 3.05) is 13.1 Å². The molecule has 2 amide bonds. The van der Waals surface area contributed by atoms with Gasteiger partial charge in [-0.2, -0.15) is 0 Å². The van der Waals surface area contributed by atoms with Crippen LogP contribution in [-0.2, 0) is 11.3 Å². The molecule has 0 saturated carbocycles. The molecule has 1 aliphatic heterocycles. The lowest BCUT2D eigenvalue weighted by Gasteiger charge is -2.39. The van der Waals surface area contributed by atoms with Gasteiger partial charge in [-0.15, -0.1) is 0 Å². The number of hydrogen-bond donors (Lipinski definition) is 1. The summed E-state index contributed by atoms with van der Waals surface area (Å²) in [6.45, 7) is 9.75. The fourth-order valence-corrected chi connectivity index (χ4v) is 3.76. The summed E-state index contributed by atoms with van der Waals surface area (Å²) in [5, 5.41) is 3.07. The van der Waals surface area contributed by atoms with E-state index in [-0.39, 0.29) is 11.8 Å². The Balaban J connectivity index is 1.66. The first-order chi connectivity index (χ1) is 13.3. The molecule has 2 aromatic rings. The van der Waals surface area contributed by atoms with E-state index in [1.165, 1.54) is 11.1 Å². The van der Waals surface area contributed by atoms with Crippen molar-refractivity contribution in [3.05, 3.63) is 70.3 Å². The lowest BCUT2D eigenvalue weighted by Crippen LogP contribution is -2.51. The Morgan fingerprint density at radius 1 is 1.04 bits per heavy atom. The largest absolute Gasteiger partial charge is 0.351 e. The van der Waals surface area contributed by atoms with Gasteiger partial charge in [-0.3, -0.25) is 9.59 Å². The highest BCUT2D eigenvalue weighted by Gasteiger charge is 2.39. The number of carbonyl (C=O) groups is 2. The molecule has 4 heteroatoms. The third kappa shape index (κ3) is 4.44. The van der Waals surface area contributed by atoms with Crippen LogP contribution in [0, 0.1) is 26.2 Å². The highest BCUT2D eigenvalue weighted by atomic mass is 16.2. The molecule has 0 unspecified atom stereocenters. The Morgan fingerprint density at radius 2 is 1.75 bits per heavy atom. The van der Waals surface area contributed by atoms with Crippen LogP contribution in [0.3, 0.4) is 0 Å². The SMILES string of the molecule is Cc1ccc(CNC(=O)[C@@]2(C)CCCN(C(=O)c3ccc(C)c(C)c3)C2)cc1. The van der Waals surface area contributed by atoms with Crippen molar-refractivity contribution in [1.82, 2.24) is 10.2 Å². The second kappa shape index (κ2) is 8.17. The number of rotatable bonds is 4. The molecule has 1 aliphatic rings. The molecule has 148 valence electrons. The van der Waals surface area contributed by atoms with Gasteiger partial charge < -0.3 is 10.2 Å². The zero-order chi connectivity index (χ0) is 20.3. The maximum absolute atomic E-state index is 13.0. The second-order valence-electron chi connectivity index (χ2n) is 8.36. The van der Waals surface area contributed by atoms with Crippen molar-refractivity contribution < 1.29 is 9.59 Å². The van der Waals surface area contributed by atoms with Crippen LogP contribution >= 0.6 is 0 Å². The van der Waals surface area contributed by atoms with Crippen LogP contribution < -0.4 is 5.32 Å². The molecule has 0 spiro atoms. The van der Waals surface area contributed by atoms with Crippen molar-refractivity contribution >= 4 is 11.8 Å². The van der Waals surface area contributed by atoms with Crippen molar-refractivity contribution in [2.45, 2.75) is 47.1 Å². The van der Waals surface area contributed by atoms with Crippen LogP contribution in [0.1, 0.15) is 52.4 Å². The van der Waals surface area contributed by atoms with E-state index >= 15 is 0 Å². The molecule has 1 atom stereocenters. The summed E-state index contributed by atoms with van der Waals surface area (Å²) in [5.74, 6) is 0.0334. The van der Waals surface area contributed by atoms with Gasteiger partial charge in [-0.1, -0.05) is 35.9 Å². The molecule has 2 aromatic carbocycles. The molecule has 0 radical (unpaired) electrons. The minimum absolute atomic E-state index is 0.0142. The van der Waals surface area contributed by atoms with E-state index in [0.29, 0.717) is 25.2 Å². The maximum atomic E-state index is 13.0. The van der Waals surface area contributed by atoms with Gasteiger partial charge in [0, 0.05) is 25.2 Å². The number of aryl methyl sites for hydroxylation is 3. The molecular weight excluding hydrogens is 348 g/mol. The Labute approximate surface area is 167 Å². The number of hydrogen-bond acceptors (Lipinski definition) is 2. The van der Waals surface area contributed by atoms with E-state index < -0.39 is 5.41 Å². The predicted octanol–water partition coefficient (Wildman–Crippen LogP) is 4.17. The molecule has 0 aliphatic carbocycles. The van der Waals surface area contributed by atoms with Gasteiger partial charge in [-0.05, 0) is 69.4 Å². The number of benzene rings is 2. The molecule has 0 bridgehead atoms. The van der Waals surface area contributed by atoms with E-state index in [1.54, 1.807) is 0 Å². The van der Waals surface area contributed by atoms with Crippen LogP contribution in [-0.4, -0.2) is 29.8 Å². The summed E-state index contributed by atoms with van der Waals surface area (Å²) in [5.41, 5.74) is 4.72. The lowest BCUT2D eigenvalue weighted by atomic mass is 9.80. The Morgan fingerprint density at radius 3 is 2.43 bits per heavy atom. The minimum Gasteiger partial charge on any atom is -0.351 e. The first kappa shape index (κ1) is 20.1. The summed E-state index contributed by atoms with van der Waals surface area (Å²) in [4.78, 5) is 27.7. The third-order valence-electron chi connectivity index (χ3n) is 5.86. The lowest BCUT2D eigenvalue weighted by molar-refractivity contribution is -0.132. The minimum atomic E-state index is -0.557.